The molecular weight excluding hydrogens is 281 g/mol. The minimum absolute atomic E-state index is 0.133. The first-order valence-corrected chi connectivity index (χ1v) is 8.04. The van der Waals surface area contributed by atoms with Gasteiger partial charge in [-0.1, -0.05) is 20.3 Å². The minimum Gasteiger partial charge on any atom is -0.393 e. The summed E-state index contributed by atoms with van der Waals surface area (Å²) >= 11 is 0. The third kappa shape index (κ3) is 8.02. The predicted molar refractivity (Wildman–Crippen MR) is 78.2 cm³/mol. The fourth-order valence-electron chi connectivity index (χ4n) is 3.00. The number of likely N-dealkylation sites (tertiary alicyclic amines) is 1. The van der Waals surface area contributed by atoms with Gasteiger partial charge in [-0.25, -0.2) is 0 Å². The van der Waals surface area contributed by atoms with Gasteiger partial charge < -0.3 is 15.3 Å². The summed E-state index contributed by atoms with van der Waals surface area (Å²) in [5.74, 6) is 0.274. The molecule has 126 valence electrons. The number of nitrogens with zero attached hydrogens (tertiary/aromatic N) is 1. The Kier molecular flexibility index (Phi) is 7.98. The topological polar surface area (TPSA) is 35.5 Å². The SMILES string of the molecule is CCCCN1CC(CC(O)CC)CC(NCC(F)(F)F)C1. The smallest absolute Gasteiger partial charge is 0.393 e. The lowest BCUT2D eigenvalue weighted by atomic mass is 9.88. The lowest BCUT2D eigenvalue weighted by Crippen LogP contribution is -2.51. The third-order valence-electron chi connectivity index (χ3n) is 4.11. The molecule has 1 heterocycles. The molecule has 1 saturated heterocycles. The first-order chi connectivity index (χ1) is 9.84. The van der Waals surface area contributed by atoms with E-state index in [4.69, 9.17) is 0 Å². The van der Waals surface area contributed by atoms with Crippen LogP contribution in [0.1, 0.15) is 46.0 Å². The van der Waals surface area contributed by atoms with E-state index in [2.05, 4.69) is 17.1 Å². The summed E-state index contributed by atoms with van der Waals surface area (Å²) in [5, 5.41) is 12.4. The Balaban J connectivity index is 2.52. The summed E-state index contributed by atoms with van der Waals surface area (Å²) < 4.78 is 37.1. The minimum atomic E-state index is -4.16. The molecule has 0 aromatic rings. The third-order valence-corrected chi connectivity index (χ3v) is 4.11. The summed E-state index contributed by atoms with van der Waals surface area (Å²) in [6.45, 7) is 5.61. The van der Waals surface area contributed by atoms with E-state index in [-0.39, 0.29) is 18.1 Å². The summed E-state index contributed by atoms with van der Waals surface area (Å²) in [7, 11) is 0. The molecule has 0 saturated carbocycles. The van der Waals surface area contributed by atoms with E-state index in [0.717, 1.165) is 32.4 Å². The molecule has 0 spiro atoms. The van der Waals surface area contributed by atoms with Crippen LogP contribution < -0.4 is 5.32 Å². The van der Waals surface area contributed by atoms with Crippen molar-refractivity contribution in [2.24, 2.45) is 5.92 Å². The molecule has 3 nitrogen and oxygen atoms in total. The van der Waals surface area contributed by atoms with Gasteiger partial charge in [0.15, 0.2) is 0 Å². The summed E-state index contributed by atoms with van der Waals surface area (Å²) in [4.78, 5) is 2.24. The van der Waals surface area contributed by atoms with Crippen molar-refractivity contribution >= 4 is 0 Å². The monoisotopic (exact) mass is 310 g/mol. The Bertz CT molecular complexity index is 287. The summed E-state index contributed by atoms with van der Waals surface area (Å²) in [5.41, 5.74) is 0. The quantitative estimate of drug-likeness (QED) is 0.724. The average molecular weight is 310 g/mol. The molecule has 1 aliphatic heterocycles. The average Bonchev–Trinajstić information content (AvgIpc) is 2.42. The van der Waals surface area contributed by atoms with Crippen LogP contribution in [0, 0.1) is 5.92 Å². The van der Waals surface area contributed by atoms with Crippen LogP contribution >= 0.6 is 0 Å². The van der Waals surface area contributed by atoms with Gasteiger partial charge in [-0.05, 0) is 38.1 Å². The Morgan fingerprint density at radius 1 is 1.29 bits per heavy atom. The Labute approximate surface area is 125 Å². The number of rotatable bonds is 8. The Morgan fingerprint density at radius 2 is 2.00 bits per heavy atom. The summed E-state index contributed by atoms with van der Waals surface area (Å²) in [6, 6.07) is -0.133. The molecule has 0 aromatic heterocycles. The van der Waals surface area contributed by atoms with Crippen molar-refractivity contribution in [3.63, 3.8) is 0 Å². The molecule has 21 heavy (non-hydrogen) atoms. The molecular formula is C15H29F3N2O. The second kappa shape index (κ2) is 8.96. The van der Waals surface area contributed by atoms with Crippen LogP contribution in [0.15, 0.2) is 0 Å². The van der Waals surface area contributed by atoms with E-state index < -0.39 is 12.7 Å². The maximum absolute atomic E-state index is 12.4. The van der Waals surface area contributed by atoms with Crippen LogP contribution in [0.5, 0.6) is 0 Å². The zero-order valence-corrected chi connectivity index (χ0v) is 13.1. The highest BCUT2D eigenvalue weighted by Gasteiger charge is 2.32. The predicted octanol–water partition coefficient (Wildman–Crippen LogP) is 2.79. The van der Waals surface area contributed by atoms with Crippen molar-refractivity contribution in [2.45, 2.75) is 64.3 Å². The van der Waals surface area contributed by atoms with Gasteiger partial charge in [-0.3, -0.25) is 0 Å². The zero-order valence-electron chi connectivity index (χ0n) is 13.1. The molecule has 0 bridgehead atoms. The number of aliphatic hydroxyl groups is 1. The van der Waals surface area contributed by atoms with Crippen LogP contribution in [0.3, 0.4) is 0 Å². The second-order valence-electron chi connectivity index (χ2n) is 6.21. The number of hydrogen-bond acceptors (Lipinski definition) is 3. The maximum atomic E-state index is 12.4. The van der Waals surface area contributed by atoms with Crippen molar-refractivity contribution < 1.29 is 18.3 Å². The Hall–Kier alpha value is -0.330. The van der Waals surface area contributed by atoms with Crippen molar-refractivity contribution in [1.29, 1.82) is 0 Å². The summed E-state index contributed by atoms with van der Waals surface area (Å²) in [6.07, 6.45) is -0.256. The largest absolute Gasteiger partial charge is 0.401 e. The molecule has 0 aromatic carbocycles. The molecule has 1 fully saturated rings. The Morgan fingerprint density at radius 3 is 2.57 bits per heavy atom. The highest BCUT2D eigenvalue weighted by Crippen LogP contribution is 2.23. The zero-order chi connectivity index (χ0) is 15.9. The van der Waals surface area contributed by atoms with Crippen molar-refractivity contribution in [3.05, 3.63) is 0 Å². The number of hydrogen-bond donors (Lipinski definition) is 2. The standard InChI is InChI=1S/C15H29F3N2O/c1-3-5-6-20-9-12(8-14(21)4-2)7-13(10-20)19-11-15(16,17)18/h12-14,19,21H,3-11H2,1-2H3. The molecule has 1 rings (SSSR count). The van der Waals surface area contributed by atoms with Crippen LogP contribution in [0.2, 0.25) is 0 Å². The molecule has 0 aliphatic carbocycles. The fraction of sp³-hybridized carbons (Fsp3) is 1.00. The van der Waals surface area contributed by atoms with Gasteiger partial charge in [-0.2, -0.15) is 13.2 Å². The van der Waals surface area contributed by atoms with Crippen LogP contribution in [-0.4, -0.2) is 54.5 Å². The lowest BCUT2D eigenvalue weighted by molar-refractivity contribution is -0.127. The van der Waals surface area contributed by atoms with Gasteiger partial charge in [-0.15, -0.1) is 0 Å². The highest BCUT2D eigenvalue weighted by atomic mass is 19.4. The maximum Gasteiger partial charge on any atom is 0.401 e. The molecule has 3 atom stereocenters. The van der Waals surface area contributed by atoms with Crippen molar-refractivity contribution in [2.75, 3.05) is 26.2 Å². The number of alkyl halides is 3. The number of nitrogens with one attached hydrogen (secondary N) is 1. The first-order valence-electron chi connectivity index (χ1n) is 8.04. The van der Waals surface area contributed by atoms with Gasteiger partial charge >= 0.3 is 6.18 Å². The lowest BCUT2D eigenvalue weighted by Gasteiger charge is -2.39. The molecule has 0 amide bonds. The molecule has 2 N–H and O–H groups in total. The molecule has 1 aliphatic rings. The highest BCUT2D eigenvalue weighted by molar-refractivity contribution is 4.85. The van der Waals surface area contributed by atoms with Crippen molar-refractivity contribution in [3.8, 4) is 0 Å². The van der Waals surface area contributed by atoms with E-state index in [1.165, 1.54) is 0 Å². The number of aliphatic hydroxyl groups excluding tert-OH is 1. The molecule has 0 radical (unpaired) electrons. The number of halogens is 3. The fourth-order valence-corrected chi connectivity index (χ4v) is 3.00. The second-order valence-corrected chi connectivity index (χ2v) is 6.21. The van der Waals surface area contributed by atoms with Crippen LogP contribution in [0.4, 0.5) is 13.2 Å². The van der Waals surface area contributed by atoms with Gasteiger partial charge in [0.2, 0.25) is 0 Å². The van der Waals surface area contributed by atoms with Crippen molar-refractivity contribution in [1.82, 2.24) is 10.2 Å². The first kappa shape index (κ1) is 18.7. The van der Waals surface area contributed by atoms with E-state index >= 15 is 0 Å². The van der Waals surface area contributed by atoms with Crippen LogP contribution in [-0.2, 0) is 0 Å². The molecule has 6 heteroatoms. The number of unbranched alkanes of at least 4 members (excludes halogenated alkanes) is 1. The van der Waals surface area contributed by atoms with Gasteiger partial charge in [0.25, 0.3) is 0 Å². The van der Waals surface area contributed by atoms with E-state index in [1.54, 1.807) is 0 Å². The van der Waals surface area contributed by atoms with E-state index in [9.17, 15) is 18.3 Å². The van der Waals surface area contributed by atoms with Gasteiger partial charge in [0.1, 0.15) is 0 Å². The number of piperidine rings is 1. The normalized spacial score (nSPS) is 26.0. The molecule has 3 unspecified atom stereocenters. The van der Waals surface area contributed by atoms with Crippen LogP contribution in [0.25, 0.3) is 0 Å². The van der Waals surface area contributed by atoms with E-state index in [0.29, 0.717) is 19.4 Å². The van der Waals surface area contributed by atoms with E-state index in [1.807, 2.05) is 6.92 Å². The van der Waals surface area contributed by atoms with Gasteiger partial charge in [0.05, 0.1) is 12.6 Å². The van der Waals surface area contributed by atoms with Gasteiger partial charge in [0, 0.05) is 19.1 Å².